The van der Waals surface area contributed by atoms with Gasteiger partial charge in [-0.25, -0.2) is 0 Å². The standard InChI is InChI=1S/C12H23NO/c1-9(2)7-10-8-11(3,4)13(14)12(10,5)6/h8-9,14H,7H2,1-6H3. The van der Waals surface area contributed by atoms with Crippen molar-refractivity contribution in [1.29, 1.82) is 0 Å². The van der Waals surface area contributed by atoms with Gasteiger partial charge in [-0.2, -0.15) is 5.06 Å². The van der Waals surface area contributed by atoms with Gasteiger partial charge in [0.05, 0.1) is 11.1 Å². The maximum Gasteiger partial charge on any atom is 0.0623 e. The maximum absolute atomic E-state index is 10.0. The van der Waals surface area contributed by atoms with Gasteiger partial charge >= 0.3 is 0 Å². The van der Waals surface area contributed by atoms with Crippen LogP contribution in [0.25, 0.3) is 0 Å². The van der Waals surface area contributed by atoms with E-state index in [0.29, 0.717) is 5.92 Å². The Balaban J connectivity index is 2.94. The summed E-state index contributed by atoms with van der Waals surface area (Å²) in [7, 11) is 0. The zero-order chi connectivity index (χ0) is 11.1. The molecule has 0 aromatic heterocycles. The molecule has 0 bridgehead atoms. The third-order valence-corrected chi connectivity index (χ3v) is 3.02. The molecule has 1 rings (SSSR count). The van der Waals surface area contributed by atoms with E-state index in [2.05, 4.69) is 33.8 Å². The minimum Gasteiger partial charge on any atom is -0.312 e. The molecule has 0 aromatic rings. The van der Waals surface area contributed by atoms with E-state index in [4.69, 9.17) is 0 Å². The Morgan fingerprint density at radius 3 is 2.07 bits per heavy atom. The monoisotopic (exact) mass is 197 g/mol. The molecule has 82 valence electrons. The summed E-state index contributed by atoms with van der Waals surface area (Å²) in [6, 6.07) is 0. The van der Waals surface area contributed by atoms with E-state index < -0.39 is 0 Å². The van der Waals surface area contributed by atoms with Crippen LogP contribution in [0.3, 0.4) is 0 Å². The molecule has 1 N–H and O–H groups in total. The molecule has 0 radical (unpaired) electrons. The van der Waals surface area contributed by atoms with Crippen LogP contribution in [-0.2, 0) is 0 Å². The fraction of sp³-hybridized carbons (Fsp3) is 0.833. The van der Waals surface area contributed by atoms with Crippen LogP contribution in [0.15, 0.2) is 11.6 Å². The van der Waals surface area contributed by atoms with Gasteiger partial charge in [0.2, 0.25) is 0 Å². The molecule has 0 fully saturated rings. The number of hydrogen-bond donors (Lipinski definition) is 1. The largest absolute Gasteiger partial charge is 0.312 e. The van der Waals surface area contributed by atoms with Crippen molar-refractivity contribution in [2.45, 2.75) is 59.0 Å². The lowest BCUT2D eigenvalue weighted by Gasteiger charge is -2.36. The van der Waals surface area contributed by atoms with E-state index in [-0.39, 0.29) is 11.1 Å². The second-order valence-electron chi connectivity index (χ2n) is 5.79. The van der Waals surface area contributed by atoms with Crippen molar-refractivity contribution in [3.05, 3.63) is 11.6 Å². The number of hydroxylamine groups is 2. The van der Waals surface area contributed by atoms with Crippen molar-refractivity contribution < 1.29 is 5.21 Å². The van der Waals surface area contributed by atoms with Gasteiger partial charge in [-0.05, 0) is 40.0 Å². The third-order valence-electron chi connectivity index (χ3n) is 3.02. The molecule has 2 nitrogen and oxygen atoms in total. The van der Waals surface area contributed by atoms with Gasteiger partial charge in [-0.15, -0.1) is 0 Å². The van der Waals surface area contributed by atoms with Crippen molar-refractivity contribution in [2.75, 3.05) is 0 Å². The molecule has 0 atom stereocenters. The van der Waals surface area contributed by atoms with E-state index in [1.807, 2.05) is 13.8 Å². The minimum atomic E-state index is -0.228. The number of hydrogen-bond acceptors (Lipinski definition) is 2. The van der Waals surface area contributed by atoms with Crippen LogP contribution in [0.5, 0.6) is 0 Å². The van der Waals surface area contributed by atoms with E-state index in [1.54, 1.807) is 0 Å². The van der Waals surface area contributed by atoms with Gasteiger partial charge in [0.1, 0.15) is 0 Å². The molecule has 0 spiro atoms. The first-order chi connectivity index (χ1) is 6.18. The first-order valence-corrected chi connectivity index (χ1v) is 5.39. The van der Waals surface area contributed by atoms with Crippen LogP contribution in [-0.4, -0.2) is 21.3 Å². The number of rotatable bonds is 2. The first-order valence-electron chi connectivity index (χ1n) is 5.39. The van der Waals surface area contributed by atoms with Crippen LogP contribution < -0.4 is 0 Å². The second-order valence-corrected chi connectivity index (χ2v) is 5.79. The summed E-state index contributed by atoms with van der Waals surface area (Å²) in [5.41, 5.74) is 0.904. The Labute approximate surface area is 87.6 Å². The van der Waals surface area contributed by atoms with E-state index in [0.717, 1.165) is 6.42 Å². The molecule has 0 aromatic carbocycles. The van der Waals surface area contributed by atoms with E-state index >= 15 is 0 Å². The quantitative estimate of drug-likeness (QED) is 0.687. The van der Waals surface area contributed by atoms with Crippen LogP contribution in [0.4, 0.5) is 0 Å². The fourth-order valence-corrected chi connectivity index (χ4v) is 2.27. The lowest BCUT2D eigenvalue weighted by atomic mass is 9.89. The van der Waals surface area contributed by atoms with Crippen LogP contribution >= 0.6 is 0 Å². The third kappa shape index (κ3) is 1.86. The smallest absolute Gasteiger partial charge is 0.0623 e. The summed E-state index contributed by atoms with van der Waals surface area (Å²) in [6.07, 6.45) is 3.26. The first kappa shape index (κ1) is 11.7. The highest BCUT2D eigenvalue weighted by molar-refractivity contribution is 5.29. The van der Waals surface area contributed by atoms with Crippen LogP contribution in [0.2, 0.25) is 0 Å². The van der Waals surface area contributed by atoms with Crippen molar-refractivity contribution in [1.82, 2.24) is 5.06 Å². The topological polar surface area (TPSA) is 23.5 Å². The van der Waals surface area contributed by atoms with E-state index in [9.17, 15) is 5.21 Å². The molecule has 1 heterocycles. The predicted molar refractivity (Wildman–Crippen MR) is 59.3 cm³/mol. The van der Waals surface area contributed by atoms with Crippen LogP contribution in [0, 0.1) is 5.92 Å². The number of nitrogens with zero attached hydrogens (tertiary/aromatic N) is 1. The Bertz CT molecular complexity index is 251. The molecule has 2 heteroatoms. The van der Waals surface area contributed by atoms with Crippen molar-refractivity contribution in [3.63, 3.8) is 0 Å². The Morgan fingerprint density at radius 1 is 1.29 bits per heavy atom. The molecule has 1 aliphatic rings. The molecule has 0 saturated carbocycles. The van der Waals surface area contributed by atoms with Gasteiger partial charge < -0.3 is 5.21 Å². The summed E-state index contributed by atoms with van der Waals surface area (Å²) in [5, 5.41) is 11.5. The van der Waals surface area contributed by atoms with Gasteiger partial charge in [-0.3, -0.25) is 0 Å². The maximum atomic E-state index is 10.0. The molecule has 14 heavy (non-hydrogen) atoms. The van der Waals surface area contributed by atoms with E-state index in [1.165, 1.54) is 10.6 Å². The summed E-state index contributed by atoms with van der Waals surface area (Å²) >= 11 is 0. The zero-order valence-electron chi connectivity index (χ0n) is 10.3. The Hall–Kier alpha value is -0.340. The summed E-state index contributed by atoms with van der Waals surface area (Å²) < 4.78 is 0. The predicted octanol–water partition coefficient (Wildman–Crippen LogP) is 3.22. The Morgan fingerprint density at radius 2 is 1.79 bits per heavy atom. The van der Waals surface area contributed by atoms with Gasteiger partial charge in [0.15, 0.2) is 0 Å². The minimum absolute atomic E-state index is 0.215. The van der Waals surface area contributed by atoms with Crippen molar-refractivity contribution in [2.24, 2.45) is 5.92 Å². The van der Waals surface area contributed by atoms with Gasteiger partial charge in [0.25, 0.3) is 0 Å². The second kappa shape index (κ2) is 3.35. The summed E-state index contributed by atoms with van der Waals surface area (Å²) in [5.74, 6) is 0.642. The van der Waals surface area contributed by atoms with Gasteiger partial charge in [0, 0.05) is 0 Å². The molecule has 0 saturated heterocycles. The van der Waals surface area contributed by atoms with Crippen molar-refractivity contribution >= 4 is 0 Å². The Kier molecular flexibility index (Phi) is 2.81. The average Bonchev–Trinajstić information content (AvgIpc) is 2.12. The highest BCUT2D eigenvalue weighted by atomic mass is 16.5. The normalized spacial score (nSPS) is 25.6. The fourth-order valence-electron chi connectivity index (χ4n) is 2.27. The molecule has 0 aliphatic carbocycles. The zero-order valence-corrected chi connectivity index (χ0v) is 10.3. The lowest BCUT2D eigenvalue weighted by Crippen LogP contribution is -2.47. The lowest BCUT2D eigenvalue weighted by molar-refractivity contribution is -0.185. The average molecular weight is 197 g/mol. The molecular weight excluding hydrogens is 174 g/mol. The summed E-state index contributed by atoms with van der Waals surface area (Å²) in [6.45, 7) is 12.7. The van der Waals surface area contributed by atoms with Crippen molar-refractivity contribution in [3.8, 4) is 0 Å². The molecule has 0 unspecified atom stereocenters. The van der Waals surface area contributed by atoms with Gasteiger partial charge in [-0.1, -0.05) is 25.5 Å². The highest BCUT2D eigenvalue weighted by Crippen LogP contribution is 2.40. The van der Waals surface area contributed by atoms with Crippen LogP contribution in [0.1, 0.15) is 48.0 Å². The highest BCUT2D eigenvalue weighted by Gasteiger charge is 2.44. The SMILES string of the molecule is CC(C)CC1=CC(C)(C)N(O)C1(C)C. The summed E-state index contributed by atoms with van der Waals surface area (Å²) in [4.78, 5) is 0. The molecule has 1 aliphatic heterocycles. The molecule has 0 amide bonds. The molecular formula is C12H23NO.